The first-order valence-electron chi connectivity index (χ1n) is 4.87. The normalized spacial score (nSPS) is 33.9. The van der Waals surface area contributed by atoms with Crippen LogP contribution in [-0.2, 0) is 4.79 Å². The van der Waals surface area contributed by atoms with Gasteiger partial charge in [0.1, 0.15) is 0 Å². The first-order valence-corrected chi connectivity index (χ1v) is 5.85. The summed E-state index contributed by atoms with van der Waals surface area (Å²) in [5.41, 5.74) is 0. The fourth-order valence-corrected chi connectivity index (χ4v) is 2.89. The Bertz CT molecular complexity index is 253. The molecule has 1 saturated carbocycles. The second kappa shape index (κ2) is 3.90. The van der Waals surface area contributed by atoms with E-state index in [-0.39, 0.29) is 17.2 Å². The highest BCUT2D eigenvalue weighted by Crippen LogP contribution is 2.29. The van der Waals surface area contributed by atoms with Crippen molar-refractivity contribution in [3.63, 3.8) is 0 Å². The van der Waals surface area contributed by atoms with Crippen LogP contribution in [0.15, 0.2) is 0 Å². The van der Waals surface area contributed by atoms with Gasteiger partial charge in [0.05, 0.1) is 12.1 Å². The zero-order valence-electron chi connectivity index (χ0n) is 7.81. The standard InChI is InChI=1S/C9H13NO3S/c11-7-3-1-2-6(7)10-8(12)4-5-14-9(10)13/h6-7,11H,1-5H2/t6-,7-/m0/s1. The van der Waals surface area contributed by atoms with E-state index in [4.69, 9.17) is 0 Å². The summed E-state index contributed by atoms with van der Waals surface area (Å²) in [7, 11) is 0. The Morgan fingerprint density at radius 1 is 1.36 bits per heavy atom. The predicted molar refractivity (Wildman–Crippen MR) is 53.0 cm³/mol. The molecule has 0 aromatic rings. The Morgan fingerprint density at radius 3 is 2.71 bits per heavy atom. The maximum absolute atomic E-state index is 11.5. The van der Waals surface area contributed by atoms with Gasteiger partial charge < -0.3 is 5.11 Å². The lowest BCUT2D eigenvalue weighted by Crippen LogP contribution is -2.48. The second-order valence-corrected chi connectivity index (χ2v) is 4.74. The van der Waals surface area contributed by atoms with E-state index in [1.807, 2.05) is 0 Å². The molecule has 1 aliphatic carbocycles. The number of hydrogen-bond donors (Lipinski definition) is 1. The van der Waals surface area contributed by atoms with Crippen molar-refractivity contribution in [3.05, 3.63) is 0 Å². The zero-order chi connectivity index (χ0) is 10.1. The number of thioether (sulfide) groups is 1. The van der Waals surface area contributed by atoms with Gasteiger partial charge in [-0.2, -0.15) is 0 Å². The lowest BCUT2D eigenvalue weighted by atomic mass is 10.2. The maximum atomic E-state index is 11.5. The van der Waals surface area contributed by atoms with E-state index in [1.165, 1.54) is 16.7 Å². The molecule has 0 radical (unpaired) electrons. The summed E-state index contributed by atoms with van der Waals surface area (Å²) in [6, 6.07) is -0.261. The summed E-state index contributed by atoms with van der Waals surface area (Å²) >= 11 is 1.17. The Morgan fingerprint density at radius 2 is 2.14 bits per heavy atom. The van der Waals surface area contributed by atoms with E-state index < -0.39 is 6.10 Å². The van der Waals surface area contributed by atoms with Gasteiger partial charge in [-0.25, -0.2) is 0 Å². The number of carbonyl (C=O) groups excluding carboxylic acids is 2. The average molecular weight is 215 g/mol. The van der Waals surface area contributed by atoms with Crippen molar-refractivity contribution in [1.29, 1.82) is 0 Å². The van der Waals surface area contributed by atoms with Gasteiger partial charge in [-0.15, -0.1) is 0 Å². The molecule has 0 aromatic carbocycles. The lowest BCUT2D eigenvalue weighted by Gasteiger charge is -2.31. The molecular formula is C9H13NO3S. The molecule has 1 N–H and O–H groups in total. The molecule has 1 saturated heterocycles. The molecule has 5 heteroatoms. The van der Waals surface area contributed by atoms with Crippen molar-refractivity contribution in [2.24, 2.45) is 0 Å². The molecule has 0 aromatic heterocycles. The minimum absolute atomic E-state index is 0.125. The Kier molecular flexibility index (Phi) is 2.78. The molecule has 0 spiro atoms. The van der Waals surface area contributed by atoms with Gasteiger partial charge in [0, 0.05) is 12.2 Å². The quantitative estimate of drug-likeness (QED) is 0.708. The van der Waals surface area contributed by atoms with Crippen molar-refractivity contribution in [2.75, 3.05) is 5.75 Å². The molecular weight excluding hydrogens is 202 g/mol. The molecule has 2 fully saturated rings. The number of amides is 2. The van der Waals surface area contributed by atoms with E-state index >= 15 is 0 Å². The number of carbonyl (C=O) groups is 2. The molecule has 4 nitrogen and oxygen atoms in total. The monoisotopic (exact) mass is 215 g/mol. The average Bonchev–Trinajstić information content (AvgIpc) is 2.52. The highest BCUT2D eigenvalue weighted by atomic mass is 32.2. The van der Waals surface area contributed by atoms with E-state index in [0.29, 0.717) is 18.6 Å². The van der Waals surface area contributed by atoms with Crippen LogP contribution in [0.1, 0.15) is 25.7 Å². The number of aliphatic hydroxyl groups is 1. The summed E-state index contributed by atoms with van der Waals surface area (Å²) < 4.78 is 0. The molecule has 2 aliphatic rings. The number of nitrogens with zero attached hydrogens (tertiary/aromatic N) is 1. The Hall–Kier alpha value is -0.550. The second-order valence-electron chi connectivity index (χ2n) is 3.69. The van der Waals surface area contributed by atoms with Gasteiger partial charge >= 0.3 is 0 Å². The first kappa shape index (κ1) is 9.98. The van der Waals surface area contributed by atoms with Gasteiger partial charge in [-0.1, -0.05) is 11.8 Å². The predicted octanol–water partition coefficient (Wildman–Crippen LogP) is 0.985. The molecule has 0 unspecified atom stereocenters. The van der Waals surface area contributed by atoms with E-state index in [2.05, 4.69) is 0 Å². The van der Waals surface area contributed by atoms with Crippen LogP contribution in [0.5, 0.6) is 0 Å². The summed E-state index contributed by atoms with van der Waals surface area (Å²) in [6.45, 7) is 0. The smallest absolute Gasteiger partial charge is 0.288 e. The van der Waals surface area contributed by atoms with E-state index in [0.717, 1.165) is 12.8 Å². The highest BCUT2D eigenvalue weighted by molar-refractivity contribution is 8.13. The van der Waals surface area contributed by atoms with Crippen LogP contribution < -0.4 is 0 Å². The summed E-state index contributed by atoms with van der Waals surface area (Å²) in [6.07, 6.45) is 2.25. The van der Waals surface area contributed by atoms with Crippen molar-refractivity contribution >= 4 is 22.9 Å². The van der Waals surface area contributed by atoms with E-state index in [1.54, 1.807) is 0 Å². The fourth-order valence-electron chi connectivity index (χ4n) is 2.06. The first-order chi connectivity index (χ1) is 6.70. The third-order valence-electron chi connectivity index (χ3n) is 2.78. The van der Waals surface area contributed by atoms with Gasteiger partial charge in [-0.3, -0.25) is 14.5 Å². The number of rotatable bonds is 1. The summed E-state index contributed by atoms with van der Waals surface area (Å²) in [5.74, 6) is 0.455. The zero-order valence-corrected chi connectivity index (χ0v) is 8.63. The topological polar surface area (TPSA) is 57.6 Å². The Labute approximate surface area is 86.6 Å². The molecule has 2 amide bonds. The van der Waals surface area contributed by atoms with Crippen LogP contribution >= 0.6 is 11.8 Å². The molecule has 14 heavy (non-hydrogen) atoms. The molecule has 2 rings (SSSR count). The van der Waals surface area contributed by atoms with Crippen molar-refractivity contribution in [2.45, 2.75) is 37.8 Å². The molecule has 2 atom stereocenters. The largest absolute Gasteiger partial charge is 0.391 e. The van der Waals surface area contributed by atoms with Crippen molar-refractivity contribution in [1.82, 2.24) is 4.90 Å². The van der Waals surface area contributed by atoms with Gasteiger partial charge in [0.15, 0.2) is 0 Å². The number of aliphatic hydroxyl groups excluding tert-OH is 1. The highest BCUT2D eigenvalue weighted by Gasteiger charge is 2.39. The SMILES string of the molecule is O=C1CCSC(=O)N1[C@H]1CCC[C@@H]1O. The number of imide groups is 1. The van der Waals surface area contributed by atoms with Crippen LogP contribution in [0, 0.1) is 0 Å². The van der Waals surface area contributed by atoms with Crippen molar-refractivity contribution < 1.29 is 14.7 Å². The number of hydrogen-bond acceptors (Lipinski definition) is 4. The fraction of sp³-hybridized carbons (Fsp3) is 0.778. The summed E-state index contributed by atoms with van der Waals surface area (Å²) in [4.78, 5) is 24.3. The van der Waals surface area contributed by atoms with Crippen LogP contribution in [0.25, 0.3) is 0 Å². The molecule has 1 heterocycles. The third-order valence-corrected chi connectivity index (χ3v) is 3.63. The molecule has 0 bridgehead atoms. The van der Waals surface area contributed by atoms with Crippen molar-refractivity contribution in [3.8, 4) is 0 Å². The van der Waals surface area contributed by atoms with Crippen LogP contribution in [0.2, 0.25) is 0 Å². The Balaban J connectivity index is 2.13. The van der Waals surface area contributed by atoms with E-state index in [9.17, 15) is 14.7 Å². The van der Waals surface area contributed by atoms with Gasteiger partial charge in [-0.05, 0) is 19.3 Å². The minimum Gasteiger partial charge on any atom is -0.391 e. The lowest BCUT2D eigenvalue weighted by molar-refractivity contribution is -0.130. The third kappa shape index (κ3) is 1.66. The van der Waals surface area contributed by atoms with Gasteiger partial charge in [0.25, 0.3) is 5.24 Å². The summed E-state index contributed by atoms with van der Waals surface area (Å²) in [5, 5.41) is 9.43. The van der Waals surface area contributed by atoms with Gasteiger partial charge in [0.2, 0.25) is 5.91 Å². The van der Waals surface area contributed by atoms with Crippen LogP contribution in [0.4, 0.5) is 4.79 Å². The minimum atomic E-state index is -0.512. The molecule has 1 aliphatic heterocycles. The maximum Gasteiger partial charge on any atom is 0.288 e. The van der Waals surface area contributed by atoms with Crippen LogP contribution in [0.3, 0.4) is 0 Å². The molecule has 78 valence electrons. The van der Waals surface area contributed by atoms with Crippen LogP contribution in [-0.4, -0.2) is 39.1 Å².